The molecule has 0 bridgehead atoms. The maximum atomic E-state index is 12.5. The van der Waals surface area contributed by atoms with E-state index in [2.05, 4.69) is 17.6 Å². The van der Waals surface area contributed by atoms with E-state index in [1.54, 1.807) is 4.90 Å². The van der Waals surface area contributed by atoms with Crippen LogP contribution in [0, 0.1) is 5.92 Å². The summed E-state index contributed by atoms with van der Waals surface area (Å²) in [5.41, 5.74) is 0.892. The first-order chi connectivity index (χ1) is 12.2. The zero-order chi connectivity index (χ0) is 17.6. The molecule has 1 atom stereocenters. The summed E-state index contributed by atoms with van der Waals surface area (Å²) in [5.74, 6) is -0.298. The molecule has 1 fully saturated rings. The number of hydrogen-bond donors (Lipinski definition) is 2. The highest BCUT2D eigenvalue weighted by atomic mass is 16.2. The van der Waals surface area contributed by atoms with Gasteiger partial charge in [-0.25, -0.2) is 0 Å². The van der Waals surface area contributed by atoms with Crippen molar-refractivity contribution in [2.75, 3.05) is 31.1 Å². The minimum Gasteiger partial charge on any atom is -0.355 e. The normalized spacial score (nSPS) is 17.2. The first-order valence-electron chi connectivity index (χ1n) is 8.97. The second-order valence-electron chi connectivity index (χ2n) is 6.44. The molecule has 1 heterocycles. The highest BCUT2D eigenvalue weighted by molar-refractivity contribution is 6.06. The van der Waals surface area contributed by atoms with Gasteiger partial charge in [-0.2, -0.15) is 0 Å². The van der Waals surface area contributed by atoms with Gasteiger partial charge in [-0.05, 0) is 24.4 Å². The predicted molar refractivity (Wildman–Crippen MR) is 101 cm³/mol. The third-order valence-electron chi connectivity index (χ3n) is 4.58. The Morgan fingerprint density at radius 3 is 2.76 bits per heavy atom. The molecule has 1 saturated heterocycles. The SMILES string of the molecule is CCCNCCNC(=O)C1CC(=O)N(c2cccc3ccccc23)C1. The van der Waals surface area contributed by atoms with E-state index in [9.17, 15) is 9.59 Å². The Morgan fingerprint density at radius 2 is 1.92 bits per heavy atom. The van der Waals surface area contributed by atoms with Crippen LogP contribution in [0.25, 0.3) is 10.8 Å². The molecule has 0 aromatic heterocycles. The lowest BCUT2D eigenvalue weighted by atomic mass is 10.1. The summed E-state index contributed by atoms with van der Waals surface area (Å²) >= 11 is 0. The maximum Gasteiger partial charge on any atom is 0.227 e. The predicted octanol–water partition coefficient (Wildman–Crippen LogP) is 2.31. The quantitative estimate of drug-likeness (QED) is 0.761. The fourth-order valence-corrected chi connectivity index (χ4v) is 3.28. The van der Waals surface area contributed by atoms with E-state index >= 15 is 0 Å². The van der Waals surface area contributed by atoms with Crippen molar-refractivity contribution in [3.8, 4) is 0 Å². The van der Waals surface area contributed by atoms with Crippen LogP contribution in [0.3, 0.4) is 0 Å². The highest BCUT2D eigenvalue weighted by Crippen LogP contribution is 2.31. The number of nitrogens with one attached hydrogen (secondary N) is 2. The van der Waals surface area contributed by atoms with Gasteiger partial charge in [-0.1, -0.05) is 43.3 Å². The first kappa shape index (κ1) is 17.4. The number of hydrogen-bond acceptors (Lipinski definition) is 3. The zero-order valence-corrected chi connectivity index (χ0v) is 14.6. The number of amides is 2. The molecule has 1 aliphatic heterocycles. The lowest BCUT2D eigenvalue weighted by Crippen LogP contribution is -2.37. The van der Waals surface area contributed by atoms with Crippen molar-refractivity contribution >= 4 is 28.3 Å². The van der Waals surface area contributed by atoms with E-state index in [0.717, 1.165) is 36.0 Å². The number of carbonyl (C=O) groups is 2. The van der Waals surface area contributed by atoms with Crippen LogP contribution < -0.4 is 15.5 Å². The van der Waals surface area contributed by atoms with Crippen molar-refractivity contribution in [3.05, 3.63) is 42.5 Å². The smallest absolute Gasteiger partial charge is 0.227 e. The van der Waals surface area contributed by atoms with Crippen molar-refractivity contribution in [1.82, 2.24) is 10.6 Å². The van der Waals surface area contributed by atoms with Gasteiger partial charge in [-0.15, -0.1) is 0 Å². The summed E-state index contributed by atoms with van der Waals surface area (Å²) in [7, 11) is 0. The van der Waals surface area contributed by atoms with E-state index in [0.29, 0.717) is 13.1 Å². The van der Waals surface area contributed by atoms with Crippen molar-refractivity contribution in [1.29, 1.82) is 0 Å². The Morgan fingerprint density at radius 1 is 1.12 bits per heavy atom. The van der Waals surface area contributed by atoms with Crippen molar-refractivity contribution in [2.45, 2.75) is 19.8 Å². The topological polar surface area (TPSA) is 61.4 Å². The van der Waals surface area contributed by atoms with Gasteiger partial charge >= 0.3 is 0 Å². The van der Waals surface area contributed by atoms with E-state index in [4.69, 9.17) is 0 Å². The standard InChI is InChI=1S/C20H25N3O2/c1-2-10-21-11-12-22-20(25)16-13-19(24)23(14-16)18-9-5-7-15-6-3-4-8-17(15)18/h3-9,16,21H,2,10-14H2,1H3,(H,22,25). The summed E-state index contributed by atoms with van der Waals surface area (Å²) in [6, 6.07) is 14.0. The highest BCUT2D eigenvalue weighted by Gasteiger charge is 2.35. The van der Waals surface area contributed by atoms with E-state index < -0.39 is 0 Å². The lowest BCUT2D eigenvalue weighted by Gasteiger charge is -2.19. The average molecular weight is 339 g/mol. The first-order valence-corrected chi connectivity index (χ1v) is 8.97. The number of carbonyl (C=O) groups excluding carboxylic acids is 2. The molecular weight excluding hydrogens is 314 g/mol. The van der Waals surface area contributed by atoms with Gasteiger partial charge in [0.2, 0.25) is 11.8 Å². The Kier molecular flexibility index (Phi) is 5.66. The molecule has 2 amide bonds. The number of fused-ring (bicyclic) bond motifs is 1. The number of anilines is 1. The molecule has 2 N–H and O–H groups in total. The third-order valence-corrected chi connectivity index (χ3v) is 4.58. The summed E-state index contributed by atoms with van der Waals surface area (Å²) in [6.07, 6.45) is 1.35. The largest absolute Gasteiger partial charge is 0.355 e. The van der Waals surface area contributed by atoms with E-state index in [1.807, 2.05) is 42.5 Å². The molecular formula is C20H25N3O2. The third kappa shape index (κ3) is 3.99. The molecule has 0 spiro atoms. The molecule has 5 nitrogen and oxygen atoms in total. The molecule has 3 rings (SSSR count). The maximum absolute atomic E-state index is 12.5. The van der Waals surface area contributed by atoms with Crippen molar-refractivity contribution < 1.29 is 9.59 Å². The van der Waals surface area contributed by atoms with E-state index in [-0.39, 0.29) is 24.2 Å². The van der Waals surface area contributed by atoms with Gasteiger partial charge in [0.15, 0.2) is 0 Å². The monoisotopic (exact) mass is 339 g/mol. The van der Waals surface area contributed by atoms with Gasteiger partial charge in [0.1, 0.15) is 0 Å². The summed E-state index contributed by atoms with van der Waals surface area (Å²) < 4.78 is 0. The molecule has 2 aromatic carbocycles. The lowest BCUT2D eigenvalue weighted by molar-refractivity contribution is -0.126. The fraction of sp³-hybridized carbons (Fsp3) is 0.400. The van der Waals surface area contributed by atoms with Crippen molar-refractivity contribution in [3.63, 3.8) is 0 Å². The summed E-state index contributed by atoms with van der Waals surface area (Å²) in [6.45, 7) is 4.86. The van der Waals surface area contributed by atoms with Crippen LogP contribution in [0.2, 0.25) is 0 Å². The Labute approximate surface area is 148 Å². The Balaban J connectivity index is 1.65. The van der Waals surface area contributed by atoms with Gasteiger partial charge in [-0.3, -0.25) is 9.59 Å². The summed E-state index contributed by atoms with van der Waals surface area (Å²) in [5, 5.41) is 8.33. The van der Waals surface area contributed by atoms with Gasteiger partial charge in [0, 0.05) is 31.4 Å². The van der Waals surface area contributed by atoms with Crippen LogP contribution in [-0.2, 0) is 9.59 Å². The minimum atomic E-state index is -0.280. The molecule has 1 aliphatic rings. The molecule has 0 saturated carbocycles. The number of rotatable bonds is 7. The van der Waals surface area contributed by atoms with Crippen LogP contribution in [-0.4, -0.2) is 38.0 Å². The minimum absolute atomic E-state index is 0.0145. The number of nitrogens with zero attached hydrogens (tertiary/aromatic N) is 1. The Bertz CT molecular complexity index is 754. The van der Waals surface area contributed by atoms with E-state index in [1.165, 1.54) is 0 Å². The Hall–Kier alpha value is -2.40. The van der Waals surface area contributed by atoms with Crippen LogP contribution in [0.5, 0.6) is 0 Å². The molecule has 5 heteroatoms. The average Bonchev–Trinajstić information content (AvgIpc) is 3.02. The van der Waals surface area contributed by atoms with Crippen LogP contribution in [0.15, 0.2) is 42.5 Å². The molecule has 1 unspecified atom stereocenters. The van der Waals surface area contributed by atoms with Crippen LogP contribution >= 0.6 is 0 Å². The van der Waals surface area contributed by atoms with Gasteiger partial charge < -0.3 is 15.5 Å². The second-order valence-corrected chi connectivity index (χ2v) is 6.44. The van der Waals surface area contributed by atoms with Gasteiger partial charge in [0.25, 0.3) is 0 Å². The van der Waals surface area contributed by atoms with Gasteiger partial charge in [0.05, 0.1) is 11.6 Å². The zero-order valence-electron chi connectivity index (χ0n) is 14.6. The summed E-state index contributed by atoms with van der Waals surface area (Å²) in [4.78, 5) is 26.6. The molecule has 132 valence electrons. The molecule has 0 aliphatic carbocycles. The molecule has 2 aromatic rings. The number of benzene rings is 2. The van der Waals surface area contributed by atoms with Crippen LogP contribution in [0.4, 0.5) is 5.69 Å². The van der Waals surface area contributed by atoms with Crippen molar-refractivity contribution in [2.24, 2.45) is 5.92 Å². The fourth-order valence-electron chi connectivity index (χ4n) is 3.28. The second kappa shape index (κ2) is 8.12. The van der Waals surface area contributed by atoms with Crippen LogP contribution in [0.1, 0.15) is 19.8 Å². The molecule has 0 radical (unpaired) electrons. The molecule has 25 heavy (non-hydrogen) atoms.